The zero-order valence-electron chi connectivity index (χ0n) is 18.8. The fourth-order valence-corrected chi connectivity index (χ4v) is 4.78. The summed E-state index contributed by atoms with van der Waals surface area (Å²) in [5.41, 5.74) is 4.58. The average molecular weight is 480 g/mol. The van der Waals surface area contributed by atoms with Crippen LogP contribution in [0.5, 0.6) is 0 Å². The van der Waals surface area contributed by atoms with Crippen molar-refractivity contribution in [3.63, 3.8) is 0 Å². The molecule has 176 valence electrons. The predicted octanol–water partition coefficient (Wildman–Crippen LogP) is 4.02. The number of hydrogen-bond donors (Lipinski definition) is 3. The van der Waals surface area contributed by atoms with Crippen molar-refractivity contribution in [3.05, 3.63) is 75.7 Å². The maximum absolute atomic E-state index is 12.4. The standard InChI is InChI=1S/C25H25N3O5S/c1-14(2)22(24(30)31)28-23(29)20-11-26-21(34-20)12-27-25(32)33-13-19-17-9-5-3-7-15(17)16-8-4-6-10-18(16)19/h3-11,14,19,22H,12-13H2,1-2H3,(H,27,32)(H,28,29)(H,30,31). The summed E-state index contributed by atoms with van der Waals surface area (Å²) in [6.45, 7) is 3.74. The van der Waals surface area contributed by atoms with E-state index in [9.17, 15) is 19.5 Å². The van der Waals surface area contributed by atoms with E-state index in [2.05, 4.69) is 39.9 Å². The van der Waals surface area contributed by atoms with Crippen LogP contribution in [0, 0.1) is 5.92 Å². The highest BCUT2D eigenvalue weighted by Gasteiger charge is 2.29. The van der Waals surface area contributed by atoms with Crippen molar-refractivity contribution in [1.29, 1.82) is 0 Å². The smallest absolute Gasteiger partial charge is 0.407 e. The molecule has 1 atom stereocenters. The monoisotopic (exact) mass is 479 g/mol. The number of carboxylic acids is 1. The number of carbonyl (C=O) groups excluding carboxylic acids is 2. The van der Waals surface area contributed by atoms with Crippen molar-refractivity contribution < 1.29 is 24.2 Å². The molecule has 0 saturated carbocycles. The molecule has 2 aromatic carbocycles. The predicted molar refractivity (Wildman–Crippen MR) is 128 cm³/mol. The molecule has 1 aliphatic rings. The Hall–Kier alpha value is -3.72. The summed E-state index contributed by atoms with van der Waals surface area (Å²) in [6.07, 6.45) is 0.794. The van der Waals surface area contributed by atoms with Crippen LogP contribution in [0.2, 0.25) is 0 Å². The molecule has 9 heteroatoms. The maximum atomic E-state index is 12.4. The first-order valence-electron chi connectivity index (χ1n) is 10.9. The van der Waals surface area contributed by atoms with Crippen LogP contribution in [-0.2, 0) is 16.1 Å². The summed E-state index contributed by atoms with van der Waals surface area (Å²) >= 11 is 1.09. The zero-order chi connectivity index (χ0) is 24.2. The number of thiazole rings is 1. The zero-order valence-corrected chi connectivity index (χ0v) is 19.6. The normalized spacial score (nSPS) is 13.1. The molecule has 4 rings (SSSR count). The van der Waals surface area contributed by atoms with Crippen LogP contribution in [0.1, 0.15) is 45.6 Å². The van der Waals surface area contributed by atoms with Gasteiger partial charge in [0.1, 0.15) is 22.5 Å². The minimum Gasteiger partial charge on any atom is -0.480 e. The largest absolute Gasteiger partial charge is 0.480 e. The summed E-state index contributed by atoms with van der Waals surface area (Å²) in [6, 6.07) is 15.2. The molecular weight excluding hydrogens is 454 g/mol. The van der Waals surface area contributed by atoms with Crippen LogP contribution in [0.15, 0.2) is 54.7 Å². The van der Waals surface area contributed by atoms with E-state index in [0.717, 1.165) is 33.6 Å². The second-order valence-electron chi connectivity index (χ2n) is 8.33. The molecule has 1 heterocycles. The van der Waals surface area contributed by atoms with E-state index in [-0.39, 0.29) is 29.9 Å². The van der Waals surface area contributed by atoms with E-state index in [1.165, 1.54) is 6.20 Å². The summed E-state index contributed by atoms with van der Waals surface area (Å²) in [5, 5.41) is 14.9. The van der Waals surface area contributed by atoms with Gasteiger partial charge in [0, 0.05) is 5.92 Å². The Morgan fingerprint density at radius 2 is 1.68 bits per heavy atom. The van der Waals surface area contributed by atoms with Gasteiger partial charge in [0.05, 0.1) is 12.7 Å². The number of nitrogens with zero attached hydrogens (tertiary/aromatic N) is 1. The van der Waals surface area contributed by atoms with E-state index in [1.54, 1.807) is 13.8 Å². The van der Waals surface area contributed by atoms with E-state index >= 15 is 0 Å². The fraction of sp³-hybridized carbons (Fsp3) is 0.280. The minimum absolute atomic E-state index is 0.0311. The lowest BCUT2D eigenvalue weighted by Gasteiger charge is -2.17. The molecule has 3 aromatic rings. The number of aromatic nitrogens is 1. The molecule has 0 saturated heterocycles. The number of ether oxygens (including phenoxy) is 1. The highest BCUT2D eigenvalue weighted by molar-refractivity contribution is 7.13. The first kappa shape index (κ1) is 23.4. The second-order valence-corrected chi connectivity index (χ2v) is 9.45. The van der Waals surface area contributed by atoms with Gasteiger partial charge in [-0.1, -0.05) is 62.4 Å². The fourth-order valence-electron chi connectivity index (χ4n) is 4.02. The highest BCUT2D eigenvalue weighted by Crippen LogP contribution is 2.44. The Morgan fingerprint density at radius 1 is 1.06 bits per heavy atom. The first-order valence-corrected chi connectivity index (χ1v) is 11.7. The lowest BCUT2D eigenvalue weighted by atomic mass is 9.98. The van der Waals surface area contributed by atoms with E-state index in [0.29, 0.717) is 5.01 Å². The quantitative estimate of drug-likeness (QED) is 0.449. The van der Waals surface area contributed by atoms with Gasteiger partial charge in [-0.05, 0) is 28.2 Å². The van der Waals surface area contributed by atoms with Crippen molar-refractivity contribution in [2.45, 2.75) is 32.4 Å². The van der Waals surface area contributed by atoms with Crippen LogP contribution in [0.25, 0.3) is 11.1 Å². The summed E-state index contributed by atoms with van der Waals surface area (Å²) in [4.78, 5) is 40.4. The Balaban J connectivity index is 1.31. The van der Waals surface area contributed by atoms with Gasteiger partial charge in [0.15, 0.2) is 0 Å². The molecule has 1 aromatic heterocycles. The van der Waals surface area contributed by atoms with Gasteiger partial charge in [0.2, 0.25) is 0 Å². The van der Waals surface area contributed by atoms with Crippen LogP contribution in [0.4, 0.5) is 4.79 Å². The van der Waals surface area contributed by atoms with Gasteiger partial charge >= 0.3 is 12.1 Å². The van der Waals surface area contributed by atoms with Crippen LogP contribution in [-0.4, -0.2) is 40.7 Å². The number of nitrogens with one attached hydrogen (secondary N) is 2. The molecule has 34 heavy (non-hydrogen) atoms. The van der Waals surface area contributed by atoms with E-state index < -0.39 is 24.0 Å². The minimum atomic E-state index is -1.09. The third-order valence-electron chi connectivity index (χ3n) is 5.72. The third-order valence-corrected chi connectivity index (χ3v) is 6.72. The molecule has 0 bridgehead atoms. The number of fused-ring (bicyclic) bond motifs is 3. The number of benzene rings is 2. The Bertz CT molecular complexity index is 1180. The van der Waals surface area contributed by atoms with Crippen LogP contribution in [0.3, 0.4) is 0 Å². The number of carboxylic acid groups (broad SMARTS) is 1. The van der Waals surface area contributed by atoms with Crippen molar-refractivity contribution >= 4 is 29.3 Å². The lowest BCUT2D eigenvalue weighted by molar-refractivity contribution is -0.140. The maximum Gasteiger partial charge on any atom is 0.407 e. The van der Waals surface area contributed by atoms with Crippen molar-refractivity contribution in [2.75, 3.05) is 6.61 Å². The lowest BCUT2D eigenvalue weighted by Crippen LogP contribution is -2.44. The van der Waals surface area contributed by atoms with Crippen LogP contribution < -0.4 is 10.6 Å². The Morgan fingerprint density at radius 3 is 2.26 bits per heavy atom. The Kier molecular flexibility index (Phi) is 6.93. The Labute approximate surface area is 201 Å². The summed E-state index contributed by atoms with van der Waals surface area (Å²) in [5.74, 6) is -1.89. The molecule has 2 amide bonds. The SMILES string of the molecule is CC(C)C(NC(=O)c1cnc(CNC(=O)OCC2c3ccccc3-c3ccccc32)s1)C(=O)O. The van der Waals surface area contributed by atoms with Gasteiger partial charge in [-0.2, -0.15) is 0 Å². The number of aliphatic carboxylic acids is 1. The molecule has 0 aliphatic heterocycles. The van der Waals surface area contributed by atoms with Gasteiger partial charge in [-0.15, -0.1) is 11.3 Å². The number of rotatable bonds is 8. The highest BCUT2D eigenvalue weighted by atomic mass is 32.1. The number of carbonyl (C=O) groups is 3. The van der Waals surface area contributed by atoms with Gasteiger partial charge in [0.25, 0.3) is 5.91 Å². The molecule has 0 radical (unpaired) electrons. The van der Waals surface area contributed by atoms with Crippen molar-refractivity contribution in [3.8, 4) is 11.1 Å². The molecule has 3 N–H and O–H groups in total. The molecule has 1 aliphatic carbocycles. The average Bonchev–Trinajstić information content (AvgIpc) is 3.42. The van der Waals surface area contributed by atoms with Crippen molar-refractivity contribution in [2.24, 2.45) is 5.92 Å². The molecule has 1 unspecified atom stereocenters. The molecule has 0 spiro atoms. The van der Waals surface area contributed by atoms with Crippen LogP contribution >= 0.6 is 11.3 Å². The first-order chi connectivity index (χ1) is 16.3. The molecule has 8 nitrogen and oxygen atoms in total. The van der Waals surface area contributed by atoms with Gasteiger partial charge in [-0.25, -0.2) is 14.6 Å². The third kappa shape index (κ3) is 4.94. The van der Waals surface area contributed by atoms with Crippen molar-refractivity contribution in [1.82, 2.24) is 15.6 Å². The van der Waals surface area contributed by atoms with E-state index in [1.807, 2.05) is 24.3 Å². The molecule has 0 fully saturated rings. The summed E-state index contributed by atoms with van der Waals surface area (Å²) in [7, 11) is 0. The van der Waals surface area contributed by atoms with E-state index in [4.69, 9.17) is 4.74 Å². The summed E-state index contributed by atoms with van der Waals surface area (Å²) < 4.78 is 5.50. The van der Waals surface area contributed by atoms with Gasteiger partial charge < -0.3 is 20.5 Å². The number of hydrogen-bond acceptors (Lipinski definition) is 6. The number of alkyl carbamates (subject to hydrolysis) is 1. The second kappa shape index (κ2) is 10.0. The topological polar surface area (TPSA) is 118 Å². The molecular formula is C25H25N3O5S. The van der Waals surface area contributed by atoms with Gasteiger partial charge in [-0.3, -0.25) is 4.79 Å². The number of amides is 2.